The van der Waals surface area contributed by atoms with Crippen LogP contribution in [0.3, 0.4) is 0 Å². The Morgan fingerprint density at radius 2 is 1.80 bits per heavy atom. The summed E-state index contributed by atoms with van der Waals surface area (Å²) in [5, 5.41) is 9.47. The smallest absolute Gasteiger partial charge is 0.264 e. The average Bonchev–Trinajstić information content (AvgIpc) is 3.22. The lowest BCUT2D eigenvalue weighted by Crippen LogP contribution is -2.02. The number of benzene rings is 2. The summed E-state index contributed by atoms with van der Waals surface area (Å²) >= 11 is 0. The summed E-state index contributed by atoms with van der Waals surface area (Å²) in [4.78, 5) is 0. The quantitative estimate of drug-likeness (QED) is 0.527. The molecule has 0 amide bonds. The van der Waals surface area contributed by atoms with E-state index in [4.69, 9.17) is 4.42 Å². The largest absolute Gasteiger partial charge is 0.419 e. The van der Waals surface area contributed by atoms with Crippen molar-refractivity contribution in [2.75, 3.05) is 0 Å². The lowest BCUT2D eigenvalue weighted by molar-refractivity contribution is 0.478. The van der Waals surface area contributed by atoms with Crippen LogP contribution in [0.5, 0.6) is 0 Å². The Kier molecular flexibility index (Phi) is 3.84. The fraction of sp³-hybridized carbons (Fsp3) is 0.200. The van der Waals surface area contributed by atoms with Gasteiger partial charge in [-0.05, 0) is 29.8 Å². The molecule has 0 bridgehead atoms. The van der Waals surface area contributed by atoms with Gasteiger partial charge in [0.2, 0.25) is 5.89 Å². The van der Waals surface area contributed by atoms with Gasteiger partial charge in [-0.3, -0.25) is 0 Å². The van der Waals surface area contributed by atoms with Crippen molar-refractivity contribution in [2.45, 2.75) is 26.3 Å². The molecule has 2 aromatic carbocycles. The van der Waals surface area contributed by atoms with Crippen molar-refractivity contribution in [3.8, 4) is 11.6 Å². The Morgan fingerprint density at radius 3 is 2.52 bits per heavy atom. The molecule has 25 heavy (non-hydrogen) atoms. The van der Waals surface area contributed by atoms with E-state index in [-0.39, 0.29) is 11.7 Å². The first kappa shape index (κ1) is 15.6. The molecule has 0 N–H and O–H groups in total. The van der Waals surface area contributed by atoms with Crippen LogP contribution in [0, 0.1) is 5.82 Å². The van der Waals surface area contributed by atoms with Crippen molar-refractivity contribution in [3.63, 3.8) is 0 Å². The summed E-state index contributed by atoms with van der Waals surface area (Å²) < 4.78 is 21.2. The van der Waals surface area contributed by atoms with E-state index < -0.39 is 0 Å². The minimum Gasteiger partial charge on any atom is -0.419 e. The zero-order valence-corrected chi connectivity index (χ0v) is 14.1. The number of hydrogen-bond acceptors (Lipinski definition) is 3. The molecule has 2 aromatic heterocycles. The first-order chi connectivity index (χ1) is 12.1. The second-order valence-corrected chi connectivity index (χ2v) is 6.40. The number of halogens is 1. The van der Waals surface area contributed by atoms with Gasteiger partial charge in [0.1, 0.15) is 11.5 Å². The molecule has 2 heterocycles. The lowest BCUT2D eigenvalue weighted by Gasteiger charge is -2.09. The van der Waals surface area contributed by atoms with Crippen LogP contribution in [0.4, 0.5) is 4.39 Å². The highest BCUT2D eigenvalue weighted by atomic mass is 19.1. The first-order valence-corrected chi connectivity index (χ1v) is 8.28. The van der Waals surface area contributed by atoms with E-state index in [1.54, 1.807) is 12.1 Å². The van der Waals surface area contributed by atoms with E-state index in [9.17, 15) is 4.39 Å². The van der Waals surface area contributed by atoms with Gasteiger partial charge >= 0.3 is 0 Å². The second-order valence-electron chi connectivity index (χ2n) is 6.40. The molecule has 4 aromatic rings. The number of aromatic nitrogens is 3. The summed E-state index contributed by atoms with van der Waals surface area (Å²) in [7, 11) is 0. The minimum atomic E-state index is -0.236. The summed E-state index contributed by atoms with van der Waals surface area (Å²) in [6.45, 7) is 4.64. The van der Waals surface area contributed by atoms with Gasteiger partial charge in [-0.1, -0.05) is 44.2 Å². The maximum atomic E-state index is 13.2. The van der Waals surface area contributed by atoms with Crippen LogP contribution in [0.25, 0.3) is 22.5 Å². The molecule has 0 radical (unpaired) electrons. The topological polar surface area (TPSA) is 43.9 Å². The number of fused-ring (bicyclic) bond motifs is 1. The molecular weight excluding hydrogens is 317 g/mol. The zero-order chi connectivity index (χ0) is 17.4. The third-order valence-corrected chi connectivity index (χ3v) is 4.22. The number of hydrogen-bond donors (Lipinski definition) is 0. The van der Waals surface area contributed by atoms with Gasteiger partial charge in [0.15, 0.2) is 0 Å². The maximum Gasteiger partial charge on any atom is 0.264 e. The molecule has 0 aliphatic rings. The van der Waals surface area contributed by atoms with Gasteiger partial charge in [0, 0.05) is 23.4 Å². The molecular formula is C20H18FN3O. The van der Waals surface area contributed by atoms with Crippen LogP contribution in [-0.4, -0.2) is 14.8 Å². The van der Waals surface area contributed by atoms with E-state index in [0.29, 0.717) is 18.3 Å². The molecule has 0 unspecified atom stereocenters. The van der Waals surface area contributed by atoms with Crippen LogP contribution < -0.4 is 0 Å². The Bertz CT molecular complexity index is 1020. The molecule has 0 fully saturated rings. The van der Waals surface area contributed by atoms with Gasteiger partial charge in [-0.15, -0.1) is 10.2 Å². The third-order valence-electron chi connectivity index (χ3n) is 4.22. The van der Waals surface area contributed by atoms with Crippen molar-refractivity contribution in [1.82, 2.24) is 14.8 Å². The van der Waals surface area contributed by atoms with Gasteiger partial charge in [0.25, 0.3) is 5.89 Å². The lowest BCUT2D eigenvalue weighted by atomic mass is 10.2. The molecule has 4 nitrogen and oxygen atoms in total. The number of para-hydroxylation sites is 1. The Labute approximate surface area is 144 Å². The second kappa shape index (κ2) is 6.16. The Balaban J connectivity index is 1.83. The fourth-order valence-corrected chi connectivity index (χ4v) is 2.90. The van der Waals surface area contributed by atoms with Gasteiger partial charge < -0.3 is 8.98 Å². The third kappa shape index (κ3) is 2.93. The predicted molar refractivity (Wildman–Crippen MR) is 94.8 cm³/mol. The van der Waals surface area contributed by atoms with Crippen molar-refractivity contribution in [1.29, 1.82) is 0 Å². The predicted octanol–water partition coefficient (Wildman–Crippen LogP) is 5.00. The molecule has 0 aliphatic heterocycles. The average molecular weight is 335 g/mol. The Morgan fingerprint density at radius 1 is 1.04 bits per heavy atom. The molecule has 126 valence electrons. The molecule has 0 atom stereocenters. The highest BCUT2D eigenvalue weighted by Crippen LogP contribution is 2.29. The van der Waals surface area contributed by atoms with Crippen molar-refractivity contribution in [3.05, 3.63) is 71.9 Å². The summed E-state index contributed by atoms with van der Waals surface area (Å²) in [5.41, 5.74) is 2.95. The fourth-order valence-electron chi connectivity index (χ4n) is 2.90. The first-order valence-electron chi connectivity index (χ1n) is 8.28. The zero-order valence-electron chi connectivity index (χ0n) is 14.1. The minimum absolute atomic E-state index is 0.177. The molecule has 5 heteroatoms. The molecule has 0 spiro atoms. The molecule has 0 saturated carbocycles. The van der Waals surface area contributed by atoms with Crippen LogP contribution in [0.1, 0.15) is 31.2 Å². The van der Waals surface area contributed by atoms with Crippen LogP contribution in [0.15, 0.2) is 59.0 Å². The molecule has 0 aliphatic carbocycles. The summed E-state index contributed by atoms with van der Waals surface area (Å²) in [6.07, 6.45) is 0. The van der Waals surface area contributed by atoms with E-state index in [0.717, 1.165) is 22.2 Å². The van der Waals surface area contributed by atoms with Gasteiger partial charge in [0.05, 0.1) is 0 Å². The van der Waals surface area contributed by atoms with Crippen LogP contribution >= 0.6 is 0 Å². The molecule has 4 rings (SSSR count). The van der Waals surface area contributed by atoms with Crippen molar-refractivity contribution in [2.24, 2.45) is 0 Å². The number of nitrogens with zero attached hydrogens (tertiary/aromatic N) is 3. The summed E-state index contributed by atoms with van der Waals surface area (Å²) in [5.74, 6) is 1.06. The normalized spacial score (nSPS) is 11.5. The van der Waals surface area contributed by atoms with Crippen molar-refractivity contribution >= 4 is 10.9 Å². The van der Waals surface area contributed by atoms with E-state index in [2.05, 4.69) is 33.0 Å². The standard InChI is InChI=1S/C20H18FN3O/c1-13(2)19-22-23-20(25-19)18-11-15-5-3-4-6-17(15)24(18)12-14-7-9-16(21)10-8-14/h3-11,13H,12H2,1-2H3. The van der Waals surface area contributed by atoms with Crippen LogP contribution in [0.2, 0.25) is 0 Å². The Hall–Kier alpha value is -2.95. The maximum absolute atomic E-state index is 13.2. The SMILES string of the molecule is CC(C)c1nnc(-c2cc3ccccc3n2Cc2ccc(F)cc2)o1. The number of rotatable bonds is 4. The van der Waals surface area contributed by atoms with Gasteiger partial charge in [-0.2, -0.15) is 0 Å². The van der Waals surface area contributed by atoms with E-state index >= 15 is 0 Å². The van der Waals surface area contributed by atoms with Crippen molar-refractivity contribution < 1.29 is 8.81 Å². The highest BCUT2D eigenvalue weighted by Gasteiger charge is 2.17. The van der Waals surface area contributed by atoms with E-state index in [1.807, 2.05) is 26.0 Å². The van der Waals surface area contributed by atoms with E-state index in [1.165, 1.54) is 12.1 Å². The molecule has 0 saturated heterocycles. The monoisotopic (exact) mass is 335 g/mol. The van der Waals surface area contributed by atoms with Gasteiger partial charge in [-0.25, -0.2) is 4.39 Å². The van der Waals surface area contributed by atoms with Crippen LogP contribution in [-0.2, 0) is 6.54 Å². The summed E-state index contributed by atoms with van der Waals surface area (Å²) in [6, 6.07) is 16.7. The highest BCUT2D eigenvalue weighted by molar-refractivity contribution is 5.85.